The van der Waals surface area contributed by atoms with Gasteiger partial charge in [0.1, 0.15) is 0 Å². The Balaban J connectivity index is 3.26. The zero-order valence-corrected chi connectivity index (χ0v) is 10.6. The summed E-state index contributed by atoms with van der Waals surface area (Å²) in [7, 11) is 1.64. The Labute approximate surface area is 104 Å². The average Bonchev–Trinajstić information content (AvgIpc) is 2.28. The van der Waals surface area contributed by atoms with Crippen molar-refractivity contribution < 1.29 is 10.0 Å². The number of aromatic nitrogens is 1. The SMILES string of the molecule is CN(c1ncc(Cl)cc1[N+](=O)[O-])C(C)(C)CO. The van der Waals surface area contributed by atoms with Gasteiger partial charge in [0.05, 0.1) is 22.1 Å². The van der Waals surface area contributed by atoms with Crippen molar-refractivity contribution in [2.24, 2.45) is 0 Å². The van der Waals surface area contributed by atoms with Crippen molar-refractivity contribution >= 4 is 23.1 Å². The highest BCUT2D eigenvalue weighted by atomic mass is 35.5. The van der Waals surface area contributed by atoms with E-state index in [0.29, 0.717) is 0 Å². The Morgan fingerprint density at radius 3 is 2.71 bits per heavy atom. The Bertz CT molecular complexity index is 437. The van der Waals surface area contributed by atoms with Crippen LogP contribution >= 0.6 is 11.6 Å². The van der Waals surface area contributed by atoms with E-state index in [2.05, 4.69) is 4.98 Å². The summed E-state index contributed by atoms with van der Waals surface area (Å²) in [4.78, 5) is 15.9. The van der Waals surface area contributed by atoms with Gasteiger partial charge in [0.2, 0.25) is 5.82 Å². The van der Waals surface area contributed by atoms with E-state index in [1.807, 2.05) is 0 Å². The number of anilines is 1. The molecule has 0 aliphatic rings. The number of rotatable bonds is 4. The van der Waals surface area contributed by atoms with Crippen LogP contribution in [0.15, 0.2) is 12.3 Å². The van der Waals surface area contributed by atoms with Gasteiger partial charge in [0.25, 0.3) is 0 Å². The zero-order chi connectivity index (χ0) is 13.2. The third-order valence-corrected chi connectivity index (χ3v) is 2.83. The highest BCUT2D eigenvalue weighted by Gasteiger charge is 2.29. The second-order valence-electron chi connectivity index (χ2n) is 4.28. The molecule has 6 nitrogen and oxygen atoms in total. The normalized spacial score (nSPS) is 11.4. The standard InChI is InChI=1S/C10H14ClN3O3/c1-10(2,6-15)13(3)9-8(14(16)17)4-7(11)5-12-9/h4-5,15H,6H2,1-3H3. The Morgan fingerprint density at radius 2 is 2.24 bits per heavy atom. The van der Waals surface area contributed by atoms with E-state index >= 15 is 0 Å². The van der Waals surface area contributed by atoms with Crippen LogP contribution < -0.4 is 4.90 Å². The lowest BCUT2D eigenvalue weighted by Gasteiger charge is -2.34. The number of likely N-dealkylation sites (N-methyl/N-ethyl adjacent to an activating group) is 1. The summed E-state index contributed by atoms with van der Waals surface area (Å²) in [6, 6.07) is 1.24. The lowest BCUT2D eigenvalue weighted by Crippen LogP contribution is -2.45. The third kappa shape index (κ3) is 2.83. The van der Waals surface area contributed by atoms with Crippen molar-refractivity contribution in [3.8, 4) is 0 Å². The zero-order valence-electron chi connectivity index (χ0n) is 9.85. The number of hydrogen-bond acceptors (Lipinski definition) is 5. The van der Waals surface area contributed by atoms with Gasteiger partial charge in [-0.3, -0.25) is 10.1 Å². The molecule has 1 aromatic heterocycles. The van der Waals surface area contributed by atoms with Gasteiger partial charge < -0.3 is 10.0 Å². The van der Waals surface area contributed by atoms with Crippen LogP contribution in [0.25, 0.3) is 0 Å². The largest absolute Gasteiger partial charge is 0.394 e. The van der Waals surface area contributed by atoms with Crippen molar-refractivity contribution in [1.29, 1.82) is 0 Å². The Kier molecular flexibility index (Phi) is 3.90. The van der Waals surface area contributed by atoms with Gasteiger partial charge in [-0.2, -0.15) is 0 Å². The molecule has 1 heterocycles. The summed E-state index contributed by atoms with van der Waals surface area (Å²) in [5, 5.41) is 20.4. The van der Waals surface area contributed by atoms with Gasteiger partial charge >= 0.3 is 5.69 Å². The first kappa shape index (κ1) is 13.7. The molecular formula is C10H14ClN3O3. The fourth-order valence-electron chi connectivity index (χ4n) is 1.21. The first-order chi connectivity index (χ1) is 7.79. The summed E-state index contributed by atoms with van der Waals surface area (Å²) in [6.07, 6.45) is 1.34. The fourth-order valence-corrected chi connectivity index (χ4v) is 1.36. The van der Waals surface area contributed by atoms with E-state index in [1.54, 1.807) is 25.8 Å². The van der Waals surface area contributed by atoms with Crippen LogP contribution in [-0.2, 0) is 0 Å². The lowest BCUT2D eigenvalue weighted by atomic mass is 10.1. The smallest absolute Gasteiger partial charge is 0.313 e. The molecule has 1 aromatic rings. The molecule has 17 heavy (non-hydrogen) atoms. The van der Waals surface area contributed by atoms with E-state index in [0.717, 1.165) is 0 Å². The molecule has 7 heteroatoms. The van der Waals surface area contributed by atoms with E-state index < -0.39 is 10.5 Å². The first-order valence-electron chi connectivity index (χ1n) is 4.94. The fraction of sp³-hybridized carbons (Fsp3) is 0.500. The van der Waals surface area contributed by atoms with Crippen molar-refractivity contribution in [2.45, 2.75) is 19.4 Å². The number of nitrogens with zero attached hydrogens (tertiary/aromatic N) is 3. The topological polar surface area (TPSA) is 79.5 Å². The molecular weight excluding hydrogens is 246 g/mol. The summed E-state index contributed by atoms with van der Waals surface area (Å²) < 4.78 is 0. The highest BCUT2D eigenvalue weighted by molar-refractivity contribution is 6.30. The lowest BCUT2D eigenvalue weighted by molar-refractivity contribution is -0.384. The number of pyridine rings is 1. The summed E-state index contributed by atoms with van der Waals surface area (Å²) in [5.74, 6) is 0.179. The van der Waals surface area contributed by atoms with Crippen molar-refractivity contribution in [3.05, 3.63) is 27.4 Å². The summed E-state index contributed by atoms with van der Waals surface area (Å²) in [5.41, 5.74) is -0.826. The van der Waals surface area contributed by atoms with Crippen LogP contribution in [0.5, 0.6) is 0 Å². The van der Waals surface area contributed by atoms with E-state index in [9.17, 15) is 15.2 Å². The molecule has 94 valence electrons. The molecule has 0 saturated carbocycles. The molecule has 0 saturated heterocycles. The molecule has 0 fully saturated rings. The van der Waals surface area contributed by atoms with Crippen molar-refractivity contribution in [3.63, 3.8) is 0 Å². The van der Waals surface area contributed by atoms with Crippen LogP contribution in [0.3, 0.4) is 0 Å². The minimum Gasteiger partial charge on any atom is -0.394 e. The number of halogens is 1. The number of hydrogen-bond donors (Lipinski definition) is 1. The maximum Gasteiger partial charge on any atom is 0.313 e. The molecule has 0 aliphatic carbocycles. The van der Waals surface area contributed by atoms with Gasteiger partial charge in [0.15, 0.2) is 0 Å². The first-order valence-corrected chi connectivity index (χ1v) is 5.32. The van der Waals surface area contributed by atoms with E-state index in [1.165, 1.54) is 12.3 Å². The predicted molar refractivity (Wildman–Crippen MR) is 65.5 cm³/mol. The monoisotopic (exact) mass is 259 g/mol. The van der Waals surface area contributed by atoms with Gasteiger partial charge in [-0.05, 0) is 13.8 Å². The van der Waals surface area contributed by atoms with Crippen LogP contribution in [0, 0.1) is 10.1 Å². The Hall–Kier alpha value is -1.40. The molecule has 0 atom stereocenters. The average molecular weight is 260 g/mol. The molecule has 0 spiro atoms. The maximum absolute atomic E-state index is 10.9. The van der Waals surface area contributed by atoms with Crippen molar-refractivity contribution in [1.82, 2.24) is 4.98 Å². The summed E-state index contributed by atoms with van der Waals surface area (Å²) in [6.45, 7) is 3.37. The minimum atomic E-state index is -0.647. The quantitative estimate of drug-likeness (QED) is 0.659. The molecule has 0 bridgehead atoms. The predicted octanol–water partition coefficient (Wildman–Crippen LogP) is 1.85. The van der Waals surface area contributed by atoms with Gasteiger partial charge in [-0.1, -0.05) is 11.6 Å². The highest BCUT2D eigenvalue weighted by Crippen LogP contribution is 2.31. The second kappa shape index (κ2) is 4.85. The van der Waals surface area contributed by atoms with Crippen molar-refractivity contribution in [2.75, 3.05) is 18.6 Å². The molecule has 0 unspecified atom stereocenters. The van der Waals surface area contributed by atoms with Crippen LogP contribution in [0.1, 0.15) is 13.8 Å². The molecule has 0 radical (unpaired) electrons. The minimum absolute atomic E-state index is 0.148. The van der Waals surface area contributed by atoms with E-state index in [4.69, 9.17) is 11.6 Å². The van der Waals surface area contributed by atoms with Crippen LogP contribution in [-0.4, -0.2) is 34.2 Å². The van der Waals surface area contributed by atoms with Gasteiger partial charge in [-0.15, -0.1) is 0 Å². The maximum atomic E-state index is 10.9. The Morgan fingerprint density at radius 1 is 1.65 bits per heavy atom. The number of aliphatic hydroxyl groups is 1. The molecule has 1 N–H and O–H groups in total. The molecule has 0 aromatic carbocycles. The molecule has 1 rings (SSSR count). The molecule has 0 amide bonds. The third-order valence-electron chi connectivity index (χ3n) is 2.62. The van der Waals surface area contributed by atoms with Crippen LogP contribution in [0.2, 0.25) is 5.02 Å². The van der Waals surface area contributed by atoms with Gasteiger partial charge in [0, 0.05) is 19.3 Å². The molecule has 0 aliphatic heterocycles. The number of aliphatic hydroxyl groups excluding tert-OH is 1. The summed E-state index contributed by atoms with van der Waals surface area (Å²) >= 11 is 5.68. The van der Waals surface area contributed by atoms with Gasteiger partial charge in [-0.25, -0.2) is 4.98 Å². The number of nitro groups is 1. The van der Waals surface area contributed by atoms with Crippen LogP contribution in [0.4, 0.5) is 11.5 Å². The second-order valence-corrected chi connectivity index (χ2v) is 4.72. The van der Waals surface area contributed by atoms with E-state index in [-0.39, 0.29) is 23.1 Å².